The number of aryl methyl sites for hydroxylation is 2. The Kier molecular flexibility index (Phi) is 3.99. The second kappa shape index (κ2) is 6.06. The van der Waals surface area contributed by atoms with Crippen LogP contribution >= 0.6 is 0 Å². The number of rotatable bonds is 4. The fourth-order valence-corrected chi connectivity index (χ4v) is 6.35. The summed E-state index contributed by atoms with van der Waals surface area (Å²) < 4.78 is 34.0. The third kappa shape index (κ3) is 2.81. The highest BCUT2D eigenvalue weighted by atomic mass is 32.2. The van der Waals surface area contributed by atoms with Gasteiger partial charge in [-0.15, -0.1) is 0 Å². The normalized spacial score (nSPS) is 26.7. The predicted molar refractivity (Wildman–Crippen MR) is 89.6 cm³/mol. The molecule has 9 heteroatoms. The van der Waals surface area contributed by atoms with Crippen molar-refractivity contribution in [1.82, 2.24) is 24.5 Å². The number of hydrogen-bond acceptors (Lipinski definition) is 6. The standard InChI is InChI=1S/C16H21N5O3S/c1-10-16(11(2)20-19-10)25(22,23)21-12-3-4-13(21)8-14(7-12)24-15-9-17-5-6-18-15/h5-6,9,12-14H,3-4,7-8H2,1-2H3,(H,19,20)/t12-,13+,14+. The summed E-state index contributed by atoms with van der Waals surface area (Å²) in [4.78, 5) is 8.47. The van der Waals surface area contributed by atoms with E-state index in [1.54, 1.807) is 36.7 Å². The molecule has 2 aliphatic rings. The number of piperidine rings is 1. The molecule has 8 nitrogen and oxygen atoms in total. The van der Waals surface area contributed by atoms with Crippen molar-refractivity contribution in [2.75, 3.05) is 0 Å². The monoisotopic (exact) mass is 363 g/mol. The highest BCUT2D eigenvalue weighted by Crippen LogP contribution is 2.41. The zero-order valence-electron chi connectivity index (χ0n) is 14.2. The smallest absolute Gasteiger partial charge is 0.247 e. The van der Waals surface area contributed by atoms with Gasteiger partial charge in [0.2, 0.25) is 15.9 Å². The molecule has 4 heterocycles. The molecular weight excluding hydrogens is 342 g/mol. The Morgan fingerprint density at radius 2 is 1.92 bits per heavy atom. The lowest BCUT2D eigenvalue weighted by Gasteiger charge is -2.37. The number of nitrogens with zero attached hydrogens (tertiary/aromatic N) is 4. The van der Waals surface area contributed by atoms with E-state index in [0.29, 0.717) is 35.0 Å². The SMILES string of the molecule is Cc1n[nH]c(C)c1S(=O)(=O)N1[C@@H]2CC[C@H]1C[C@@H](Oc1cnccn1)C2. The quantitative estimate of drug-likeness (QED) is 0.885. The van der Waals surface area contributed by atoms with E-state index >= 15 is 0 Å². The first kappa shape index (κ1) is 16.5. The van der Waals surface area contributed by atoms with Gasteiger partial charge in [-0.05, 0) is 26.7 Å². The molecule has 4 rings (SSSR count). The summed E-state index contributed by atoms with van der Waals surface area (Å²) in [7, 11) is -3.56. The van der Waals surface area contributed by atoms with Gasteiger partial charge in [-0.3, -0.25) is 10.1 Å². The molecule has 0 radical (unpaired) electrons. The molecule has 25 heavy (non-hydrogen) atoms. The third-order valence-corrected chi connectivity index (χ3v) is 7.31. The van der Waals surface area contributed by atoms with Crippen molar-refractivity contribution in [3.8, 4) is 5.88 Å². The zero-order chi connectivity index (χ0) is 17.6. The van der Waals surface area contributed by atoms with E-state index in [9.17, 15) is 8.42 Å². The average Bonchev–Trinajstić information content (AvgIpc) is 3.06. The van der Waals surface area contributed by atoms with Crippen molar-refractivity contribution in [2.24, 2.45) is 0 Å². The van der Waals surface area contributed by atoms with Gasteiger partial charge in [0.25, 0.3) is 0 Å². The Bertz CT molecular complexity index is 834. The van der Waals surface area contributed by atoms with Crippen LogP contribution in [0, 0.1) is 13.8 Å². The molecule has 2 aromatic heterocycles. The number of hydrogen-bond donors (Lipinski definition) is 1. The van der Waals surface area contributed by atoms with Gasteiger partial charge in [-0.1, -0.05) is 0 Å². The van der Waals surface area contributed by atoms with Crippen LogP contribution in [0.5, 0.6) is 5.88 Å². The highest BCUT2D eigenvalue weighted by Gasteiger charge is 2.49. The number of sulfonamides is 1. The molecule has 2 fully saturated rings. The lowest BCUT2D eigenvalue weighted by Crippen LogP contribution is -2.49. The molecule has 2 saturated heterocycles. The Morgan fingerprint density at radius 1 is 1.20 bits per heavy atom. The fourth-order valence-electron chi connectivity index (χ4n) is 4.12. The van der Waals surface area contributed by atoms with E-state index in [4.69, 9.17) is 4.74 Å². The van der Waals surface area contributed by atoms with E-state index in [1.165, 1.54) is 0 Å². The van der Waals surface area contributed by atoms with Crippen LogP contribution < -0.4 is 4.74 Å². The zero-order valence-corrected chi connectivity index (χ0v) is 15.0. The first-order valence-corrected chi connectivity index (χ1v) is 9.88. The van der Waals surface area contributed by atoms with Gasteiger partial charge in [0.15, 0.2) is 0 Å². The summed E-state index contributed by atoms with van der Waals surface area (Å²) in [6.45, 7) is 3.47. The van der Waals surface area contributed by atoms with Crippen LogP contribution in [0.15, 0.2) is 23.5 Å². The van der Waals surface area contributed by atoms with Crippen LogP contribution in [0.2, 0.25) is 0 Å². The molecule has 0 aromatic carbocycles. The van der Waals surface area contributed by atoms with E-state index in [0.717, 1.165) is 12.8 Å². The molecule has 0 unspecified atom stereocenters. The maximum atomic E-state index is 13.2. The molecule has 2 aliphatic heterocycles. The number of H-pyrrole nitrogens is 1. The van der Waals surface area contributed by atoms with Crippen molar-refractivity contribution >= 4 is 10.0 Å². The molecule has 0 aliphatic carbocycles. The van der Waals surface area contributed by atoms with Crippen molar-refractivity contribution in [3.63, 3.8) is 0 Å². The van der Waals surface area contributed by atoms with Gasteiger partial charge < -0.3 is 4.74 Å². The van der Waals surface area contributed by atoms with Gasteiger partial charge in [0, 0.05) is 37.3 Å². The molecule has 1 N–H and O–H groups in total. The molecule has 0 spiro atoms. The summed E-state index contributed by atoms with van der Waals surface area (Å²) in [6, 6.07) is -0.0850. The summed E-state index contributed by atoms with van der Waals surface area (Å²) in [6.07, 6.45) is 7.80. The van der Waals surface area contributed by atoms with E-state index < -0.39 is 10.0 Å². The summed E-state index contributed by atoms with van der Waals surface area (Å²) in [5.41, 5.74) is 1.12. The van der Waals surface area contributed by atoms with Crippen LogP contribution in [-0.2, 0) is 10.0 Å². The molecular formula is C16H21N5O3S. The number of aromatic nitrogens is 4. The van der Waals surface area contributed by atoms with Crippen molar-refractivity contribution in [1.29, 1.82) is 0 Å². The Labute approximate surface area is 146 Å². The number of fused-ring (bicyclic) bond motifs is 2. The van der Waals surface area contributed by atoms with Crippen LogP contribution in [0.4, 0.5) is 0 Å². The average molecular weight is 363 g/mol. The van der Waals surface area contributed by atoms with E-state index in [-0.39, 0.29) is 18.2 Å². The van der Waals surface area contributed by atoms with Crippen LogP contribution in [0.1, 0.15) is 37.1 Å². The lowest BCUT2D eigenvalue weighted by molar-refractivity contribution is 0.0914. The number of ether oxygens (including phenoxy) is 1. The van der Waals surface area contributed by atoms with Gasteiger partial charge in [-0.25, -0.2) is 13.4 Å². The van der Waals surface area contributed by atoms with Crippen molar-refractivity contribution in [3.05, 3.63) is 30.0 Å². The lowest BCUT2D eigenvalue weighted by atomic mass is 10.0. The maximum Gasteiger partial charge on any atom is 0.247 e. The Balaban J connectivity index is 1.57. The number of aromatic amines is 1. The molecule has 2 bridgehead atoms. The third-order valence-electron chi connectivity index (χ3n) is 5.05. The minimum absolute atomic E-state index is 0.0350. The summed E-state index contributed by atoms with van der Waals surface area (Å²) in [5, 5.41) is 6.83. The maximum absolute atomic E-state index is 13.2. The largest absolute Gasteiger partial charge is 0.473 e. The first-order chi connectivity index (χ1) is 12.0. The summed E-state index contributed by atoms with van der Waals surface area (Å²) in [5.74, 6) is 0.490. The van der Waals surface area contributed by atoms with Crippen LogP contribution in [-0.4, -0.2) is 51.1 Å². The minimum Gasteiger partial charge on any atom is -0.473 e. The van der Waals surface area contributed by atoms with Gasteiger partial charge >= 0.3 is 0 Å². The minimum atomic E-state index is -3.56. The van der Waals surface area contributed by atoms with Crippen molar-refractivity contribution < 1.29 is 13.2 Å². The predicted octanol–water partition coefficient (Wildman–Crippen LogP) is 1.58. The topological polar surface area (TPSA) is 101 Å². The van der Waals surface area contributed by atoms with E-state index in [1.807, 2.05) is 0 Å². The molecule has 3 atom stereocenters. The van der Waals surface area contributed by atoms with Gasteiger partial charge in [-0.2, -0.15) is 9.40 Å². The molecule has 134 valence electrons. The molecule has 0 saturated carbocycles. The number of nitrogens with one attached hydrogen (secondary N) is 1. The summed E-state index contributed by atoms with van der Waals surface area (Å²) >= 11 is 0. The Hall–Kier alpha value is -2.00. The second-order valence-corrected chi connectivity index (χ2v) is 8.52. The fraction of sp³-hybridized carbons (Fsp3) is 0.562. The van der Waals surface area contributed by atoms with E-state index in [2.05, 4.69) is 20.2 Å². The van der Waals surface area contributed by atoms with Crippen LogP contribution in [0.25, 0.3) is 0 Å². The highest BCUT2D eigenvalue weighted by molar-refractivity contribution is 7.89. The van der Waals surface area contributed by atoms with Gasteiger partial charge in [0.05, 0.1) is 17.6 Å². The molecule has 0 amide bonds. The molecule has 2 aromatic rings. The Morgan fingerprint density at radius 3 is 2.48 bits per heavy atom. The first-order valence-electron chi connectivity index (χ1n) is 8.44. The van der Waals surface area contributed by atoms with Crippen molar-refractivity contribution in [2.45, 2.75) is 62.6 Å². The van der Waals surface area contributed by atoms with Crippen LogP contribution in [0.3, 0.4) is 0 Å². The second-order valence-electron chi connectivity index (χ2n) is 6.74. The van der Waals surface area contributed by atoms with Gasteiger partial charge in [0.1, 0.15) is 11.0 Å².